The van der Waals surface area contributed by atoms with E-state index in [0.717, 1.165) is 5.92 Å². The Hall–Kier alpha value is -1.02. The molecule has 1 aromatic rings. The summed E-state index contributed by atoms with van der Waals surface area (Å²) in [6, 6.07) is 9.43. The van der Waals surface area contributed by atoms with Gasteiger partial charge in [-0.3, -0.25) is 0 Å². The summed E-state index contributed by atoms with van der Waals surface area (Å²) in [5.41, 5.74) is 6.63. The van der Waals surface area contributed by atoms with Gasteiger partial charge in [-0.1, -0.05) is 44.4 Å². The van der Waals surface area contributed by atoms with Crippen molar-refractivity contribution in [2.75, 3.05) is 11.6 Å². The maximum Gasteiger partial charge on any atom is 0.0568 e. The SMILES string of the molecule is CCCC1NN(CC2CCCC2)c2ccccc21. The van der Waals surface area contributed by atoms with Gasteiger partial charge in [-0.15, -0.1) is 0 Å². The second-order valence-electron chi connectivity index (χ2n) is 5.79. The minimum atomic E-state index is 0.535. The maximum absolute atomic E-state index is 3.72. The summed E-state index contributed by atoms with van der Waals surface area (Å²) < 4.78 is 0. The highest BCUT2D eigenvalue weighted by Gasteiger charge is 2.29. The van der Waals surface area contributed by atoms with Gasteiger partial charge in [-0.2, -0.15) is 0 Å². The van der Waals surface area contributed by atoms with E-state index in [9.17, 15) is 0 Å². The maximum atomic E-state index is 3.72. The Morgan fingerprint density at radius 1 is 1.22 bits per heavy atom. The predicted molar refractivity (Wildman–Crippen MR) is 76.5 cm³/mol. The van der Waals surface area contributed by atoms with Crippen molar-refractivity contribution in [1.82, 2.24) is 5.43 Å². The second-order valence-corrected chi connectivity index (χ2v) is 5.79. The minimum absolute atomic E-state index is 0.535. The van der Waals surface area contributed by atoms with Gasteiger partial charge in [-0.25, -0.2) is 5.43 Å². The largest absolute Gasteiger partial charge is 0.307 e. The molecule has 1 saturated carbocycles. The van der Waals surface area contributed by atoms with E-state index in [0.29, 0.717) is 6.04 Å². The smallest absolute Gasteiger partial charge is 0.0568 e. The molecular formula is C16H24N2. The van der Waals surface area contributed by atoms with E-state index in [2.05, 4.69) is 41.6 Å². The Labute approximate surface area is 110 Å². The summed E-state index contributed by atoms with van der Waals surface area (Å²) in [4.78, 5) is 0. The van der Waals surface area contributed by atoms with Crippen molar-refractivity contribution in [2.45, 2.75) is 51.5 Å². The number of hydrogen-bond acceptors (Lipinski definition) is 2. The molecule has 1 aliphatic heterocycles. The standard InChI is InChI=1S/C16H24N2/c1-2-7-15-14-10-5-6-11-16(14)18(17-15)12-13-8-3-4-9-13/h5-6,10-11,13,15,17H,2-4,7-9,12H2,1H3. The first kappa shape index (κ1) is 12.0. The average molecular weight is 244 g/mol. The van der Waals surface area contributed by atoms with Gasteiger partial charge in [0.05, 0.1) is 11.7 Å². The lowest BCUT2D eigenvalue weighted by Crippen LogP contribution is -2.37. The summed E-state index contributed by atoms with van der Waals surface area (Å²) in [5.74, 6) is 0.894. The first-order valence-corrected chi connectivity index (χ1v) is 7.51. The number of fused-ring (bicyclic) bond motifs is 1. The fourth-order valence-corrected chi connectivity index (χ4v) is 3.47. The molecule has 1 unspecified atom stereocenters. The summed E-state index contributed by atoms with van der Waals surface area (Å²) in [6.07, 6.45) is 8.16. The van der Waals surface area contributed by atoms with Crippen LogP contribution < -0.4 is 10.4 Å². The van der Waals surface area contributed by atoms with Crippen molar-refractivity contribution in [2.24, 2.45) is 5.92 Å². The van der Waals surface area contributed by atoms with Gasteiger partial charge in [-0.05, 0) is 36.8 Å². The molecule has 2 aliphatic rings. The zero-order valence-corrected chi connectivity index (χ0v) is 11.4. The zero-order chi connectivity index (χ0) is 12.4. The van der Waals surface area contributed by atoms with Crippen LogP contribution in [0.5, 0.6) is 0 Å². The number of nitrogens with one attached hydrogen (secondary N) is 1. The summed E-state index contributed by atoms with van der Waals surface area (Å²) in [6.45, 7) is 3.46. The molecule has 0 saturated heterocycles. The Kier molecular flexibility index (Phi) is 3.55. The molecule has 3 rings (SSSR count). The van der Waals surface area contributed by atoms with Crippen LogP contribution in [0.2, 0.25) is 0 Å². The van der Waals surface area contributed by atoms with Gasteiger partial charge in [0, 0.05) is 6.54 Å². The van der Waals surface area contributed by atoms with E-state index >= 15 is 0 Å². The van der Waals surface area contributed by atoms with Crippen LogP contribution >= 0.6 is 0 Å². The van der Waals surface area contributed by atoms with Crippen LogP contribution in [0.3, 0.4) is 0 Å². The van der Waals surface area contributed by atoms with E-state index in [1.165, 1.54) is 56.3 Å². The molecule has 1 N–H and O–H groups in total. The highest BCUT2D eigenvalue weighted by Crippen LogP contribution is 2.36. The van der Waals surface area contributed by atoms with E-state index in [-0.39, 0.29) is 0 Å². The van der Waals surface area contributed by atoms with Gasteiger partial charge < -0.3 is 5.01 Å². The fraction of sp³-hybridized carbons (Fsp3) is 0.625. The quantitative estimate of drug-likeness (QED) is 0.860. The molecule has 98 valence electrons. The Morgan fingerprint density at radius 3 is 2.78 bits per heavy atom. The van der Waals surface area contributed by atoms with Crippen molar-refractivity contribution in [3.8, 4) is 0 Å². The number of anilines is 1. The molecule has 1 heterocycles. The van der Waals surface area contributed by atoms with E-state index < -0.39 is 0 Å². The molecular weight excluding hydrogens is 220 g/mol. The van der Waals surface area contributed by atoms with E-state index in [1.807, 2.05) is 0 Å². The molecule has 1 fully saturated rings. The van der Waals surface area contributed by atoms with E-state index in [4.69, 9.17) is 0 Å². The van der Waals surface area contributed by atoms with Crippen LogP contribution in [0.4, 0.5) is 5.69 Å². The van der Waals surface area contributed by atoms with Gasteiger partial charge in [0.25, 0.3) is 0 Å². The highest BCUT2D eigenvalue weighted by molar-refractivity contribution is 5.58. The second kappa shape index (κ2) is 5.31. The Morgan fingerprint density at radius 2 is 2.00 bits per heavy atom. The number of rotatable bonds is 4. The number of nitrogens with zero attached hydrogens (tertiary/aromatic N) is 1. The number of para-hydroxylation sites is 1. The average Bonchev–Trinajstić information content (AvgIpc) is 3.00. The van der Waals surface area contributed by atoms with Crippen LogP contribution in [0.1, 0.15) is 57.1 Å². The van der Waals surface area contributed by atoms with Crippen molar-refractivity contribution in [1.29, 1.82) is 0 Å². The third kappa shape index (κ3) is 2.26. The Balaban J connectivity index is 1.76. The van der Waals surface area contributed by atoms with Gasteiger partial charge in [0.2, 0.25) is 0 Å². The molecule has 1 aromatic carbocycles. The van der Waals surface area contributed by atoms with Crippen LogP contribution in [0, 0.1) is 5.92 Å². The first-order valence-electron chi connectivity index (χ1n) is 7.51. The number of benzene rings is 1. The third-order valence-electron chi connectivity index (χ3n) is 4.41. The summed E-state index contributed by atoms with van der Waals surface area (Å²) in [7, 11) is 0. The molecule has 1 aliphatic carbocycles. The lowest BCUT2D eigenvalue weighted by atomic mass is 10.0. The molecule has 1 atom stereocenters. The van der Waals surface area contributed by atoms with Crippen molar-refractivity contribution in [3.05, 3.63) is 29.8 Å². The predicted octanol–water partition coefficient (Wildman–Crippen LogP) is 4.04. The number of hydrazine groups is 1. The van der Waals surface area contributed by atoms with Crippen molar-refractivity contribution >= 4 is 5.69 Å². The summed E-state index contributed by atoms with van der Waals surface area (Å²) in [5, 5.41) is 2.42. The molecule has 0 radical (unpaired) electrons. The third-order valence-corrected chi connectivity index (χ3v) is 4.41. The normalized spacial score (nSPS) is 23.6. The Bertz CT molecular complexity index is 396. The molecule has 0 aromatic heterocycles. The van der Waals surface area contributed by atoms with Crippen LogP contribution in [-0.4, -0.2) is 6.54 Å². The first-order chi connectivity index (χ1) is 8.88. The monoisotopic (exact) mass is 244 g/mol. The van der Waals surface area contributed by atoms with Gasteiger partial charge in [0.1, 0.15) is 0 Å². The molecule has 2 heteroatoms. The zero-order valence-electron chi connectivity index (χ0n) is 11.4. The highest BCUT2D eigenvalue weighted by atomic mass is 15.5. The molecule has 18 heavy (non-hydrogen) atoms. The lowest BCUT2D eigenvalue weighted by Gasteiger charge is -2.24. The van der Waals surface area contributed by atoms with Crippen LogP contribution in [-0.2, 0) is 0 Å². The van der Waals surface area contributed by atoms with Gasteiger partial charge in [0.15, 0.2) is 0 Å². The molecule has 0 spiro atoms. The molecule has 2 nitrogen and oxygen atoms in total. The number of hydrogen-bond donors (Lipinski definition) is 1. The topological polar surface area (TPSA) is 15.3 Å². The fourth-order valence-electron chi connectivity index (χ4n) is 3.47. The lowest BCUT2D eigenvalue weighted by molar-refractivity contribution is 0.456. The van der Waals surface area contributed by atoms with Crippen LogP contribution in [0.15, 0.2) is 24.3 Å². The van der Waals surface area contributed by atoms with Crippen molar-refractivity contribution < 1.29 is 0 Å². The molecule has 0 bridgehead atoms. The van der Waals surface area contributed by atoms with Crippen molar-refractivity contribution in [3.63, 3.8) is 0 Å². The summed E-state index contributed by atoms with van der Waals surface area (Å²) >= 11 is 0. The minimum Gasteiger partial charge on any atom is -0.307 e. The van der Waals surface area contributed by atoms with Crippen LogP contribution in [0.25, 0.3) is 0 Å². The van der Waals surface area contributed by atoms with Gasteiger partial charge >= 0.3 is 0 Å². The molecule has 0 amide bonds. The van der Waals surface area contributed by atoms with E-state index in [1.54, 1.807) is 0 Å².